The SMILES string of the molecule is CCOC(N)=O.O=C(c1ccccc1)c1ccc([N+](=O)[O-])cc1I. The maximum atomic E-state index is 12.2. The topological polar surface area (TPSA) is 113 Å². The lowest BCUT2D eigenvalue weighted by atomic mass is 10.0. The van der Waals surface area contributed by atoms with Crippen LogP contribution in [0.2, 0.25) is 0 Å². The van der Waals surface area contributed by atoms with Crippen LogP contribution in [-0.2, 0) is 4.74 Å². The quantitative estimate of drug-likeness (QED) is 0.337. The second-order valence-electron chi connectivity index (χ2n) is 4.37. The van der Waals surface area contributed by atoms with Crippen LogP contribution in [0.4, 0.5) is 10.5 Å². The summed E-state index contributed by atoms with van der Waals surface area (Å²) < 4.78 is 4.76. The number of ether oxygens (including phenoxy) is 1. The van der Waals surface area contributed by atoms with E-state index >= 15 is 0 Å². The highest BCUT2D eigenvalue weighted by molar-refractivity contribution is 14.1. The highest BCUT2D eigenvalue weighted by atomic mass is 127. The molecule has 126 valence electrons. The van der Waals surface area contributed by atoms with E-state index in [-0.39, 0.29) is 11.5 Å². The summed E-state index contributed by atoms with van der Waals surface area (Å²) >= 11 is 1.94. The van der Waals surface area contributed by atoms with Crippen molar-refractivity contribution in [3.63, 3.8) is 0 Å². The van der Waals surface area contributed by atoms with Crippen LogP contribution in [0.25, 0.3) is 0 Å². The van der Waals surface area contributed by atoms with Crippen molar-refractivity contribution in [3.8, 4) is 0 Å². The Morgan fingerprint density at radius 3 is 2.25 bits per heavy atom. The number of benzene rings is 2. The van der Waals surface area contributed by atoms with E-state index in [9.17, 15) is 19.7 Å². The van der Waals surface area contributed by atoms with Gasteiger partial charge < -0.3 is 10.5 Å². The summed E-state index contributed by atoms with van der Waals surface area (Å²) in [6.45, 7) is 2.06. The van der Waals surface area contributed by atoms with Gasteiger partial charge in [0.1, 0.15) is 0 Å². The molecular weight excluding hydrogens is 427 g/mol. The highest BCUT2D eigenvalue weighted by Crippen LogP contribution is 2.22. The first-order chi connectivity index (χ1) is 11.4. The van der Waals surface area contributed by atoms with Crippen molar-refractivity contribution >= 4 is 40.2 Å². The van der Waals surface area contributed by atoms with Gasteiger partial charge in [-0.3, -0.25) is 14.9 Å². The fraction of sp³-hybridized carbons (Fsp3) is 0.125. The average Bonchev–Trinajstić information content (AvgIpc) is 2.55. The number of hydrogen-bond acceptors (Lipinski definition) is 5. The van der Waals surface area contributed by atoms with Crippen molar-refractivity contribution in [1.29, 1.82) is 0 Å². The predicted octanol–water partition coefficient (Wildman–Crippen LogP) is 3.53. The predicted molar refractivity (Wildman–Crippen MR) is 96.9 cm³/mol. The summed E-state index contributed by atoms with van der Waals surface area (Å²) in [5.41, 5.74) is 5.58. The zero-order valence-electron chi connectivity index (χ0n) is 12.8. The number of carbonyl (C=O) groups is 2. The Balaban J connectivity index is 0.000000413. The molecule has 0 fully saturated rings. The van der Waals surface area contributed by atoms with Gasteiger partial charge in [0.2, 0.25) is 0 Å². The van der Waals surface area contributed by atoms with E-state index in [2.05, 4.69) is 10.5 Å². The van der Waals surface area contributed by atoms with E-state index in [0.717, 1.165) is 0 Å². The average molecular weight is 442 g/mol. The van der Waals surface area contributed by atoms with Crippen LogP contribution in [0.5, 0.6) is 0 Å². The maximum Gasteiger partial charge on any atom is 0.404 e. The van der Waals surface area contributed by atoms with Gasteiger partial charge in [0, 0.05) is 26.8 Å². The first-order valence-corrected chi connectivity index (χ1v) is 7.90. The zero-order valence-corrected chi connectivity index (χ0v) is 14.9. The van der Waals surface area contributed by atoms with Crippen LogP contribution >= 0.6 is 22.6 Å². The molecule has 0 bridgehead atoms. The van der Waals surface area contributed by atoms with Crippen molar-refractivity contribution in [1.82, 2.24) is 0 Å². The summed E-state index contributed by atoms with van der Waals surface area (Å²) in [5.74, 6) is -0.130. The smallest absolute Gasteiger partial charge is 0.404 e. The molecule has 0 aromatic heterocycles. The van der Waals surface area contributed by atoms with Gasteiger partial charge in [-0.1, -0.05) is 30.3 Å². The lowest BCUT2D eigenvalue weighted by molar-refractivity contribution is -0.384. The molecule has 8 heteroatoms. The normalized spacial score (nSPS) is 9.42. The van der Waals surface area contributed by atoms with E-state index in [1.165, 1.54) is 18.2 Å². The second-order valence-corrected chi connectivity index (χ2v) is 5.53. The van der Waals surface area contributed by atoms with Crippen LogP contribution in [-0.4, -0.2) is 23.4 Å². The molecule has 0 aliphatic carbocycles. The van der Waals surface area contributed by atoms with E-state index in [4.69, 9.17) is 0 Å². The molecule has 0 aliphatic heterocycles. The summed E-state index contributed by atoms with van der Waals surface area (Å²) in [6.07, 6.45) is -0.711. The van der Waals surface area contributed by atoms with Crippen LogP contribution in [0, 0.1) is 13.7 Å². The Morgan fingerprint density at radius 2 is 1.83 bits per heavy atom. The number of non-ortho nitro benzene ring substituents is 1. The third kappa shape index (κ3) is 5.95. The molecule has 2 rings (SSSR count). The lowest BCUT2D eigenvalue weighted by Crippen LogP contribution is -2.11. The molecule has 0 spiro atoms. The number of nitrogens with zero attached hydrogens (tertiary/aromatic N) is 1. The molecule has 24 heavy (non-hydrogen) atoms. The number of amides is 1. The summed E-state index contributed by atoms with van der Waals surface area (Å²) in [5, 5.41) is 10.6. The van der Waals surface area contributed by atoms with Crippen LogP contribution in [0.1, 0.15) is 22.8 Å². The number of carbonyl (C=O) groups excluding carboxylic acids is 2. The first kappa shape index (κ1) is 19.6. The van der Waals surface area contributed by atoms with Crippen molar-refractivity contribution in [2.75, 3.05) is 6.61 Å². The molecule has 0 unspecified atom stereocenters. The standard InChI is InChI=1S/C13H8INO3.C3H7NO2/c14-12-8-10(15(17)18)6-7-11(12)13(16)9-4-2-1-3-5-9;1-2-6-3(4)5/h1-8H;2H2,1H3,(H2,4,5). The fourth-order valence-electron chi connectivity index (χ4n) is 1.69. The fourth-order valence-corrected chi connectivity index (χ4v) is 2.43. The number of hydrogen-bond donors (Lipinski definition) is 1. The number of nitrogens with two attached hydrogens (primary N) is 1. The van der Waals surface area contributed by atoms with Gasteiger partial charge in [0.15, 0.2) is 5.78 Å². The molecule has 0 saturated carbocycles. The third-order valence-corrected chi connectivity index (χ3v) is 3.62. The van der Waals surface area contributed by atoms with Gasteiger partial charge in [-0.2, -0.15) is 0 Å². The molecule has 0 atom stereocenters. The lowest BCUT2D eigenvalue weighted by Gasteiger charge is -2.03. The summed E-state index contributed by atoms with van der Waals surface area (Å²) in [4.78, 5) is 31.9. The highest BCUT2D eigenvalue weighted by Gasteiger charge is 2.15. The molecule has 0 radical (unpaired) electrons. The third-order valence-electron chi connectivity index (χ3n) is 2.73. The Hall–Kier alpha value is -2.49. The largest absolute Gasteiger partial charge is 0.450 e. The Labute approximate surface area is 152 Å². The summed E-state index contributed by atoms with van der Waals surface area (Å²) in [7, 11) is 0. The zero-order chi connectivity index (χ0) is 18.1. The second kappa shape index (κ2) is 9.60. The molecule has 2 N–H and O–H groups in total. The monoisotopic (exact) mass is 442 g/mol. The number of ketones is 1. The van der Waals surface area contributed by atoms with Crippen molar-refractivity contribution in [2.24, 2.45) is 5.73 Å². The summed E-state index contributed by atoms with van der Waals surface area (Å²) in [6, 6.07) is 13.1. The van der Waals surface area contributed by atoms with Gasteiger partial charge in [-0.15, -0.1) is 0 Å². The number of halogens is 1. The van der Waals surface area contributed by atoms with Gasteiger partial charge in [-0.25, -0.2) is 4.79 Å². The van der Waals surface area contributed by atoms with E-state index in [0.29, 0.717) is 21.3 Å². The van der Waals surface area contributed by atoms with Crippen molar-refractivity contribution in [2.45, 2.75) is 6.92 Å². The minimum Gasteiger partial charge on any atom is -0.450 e. The van der Waals surface area contributed by atoms with Crippen LogP contribution < -0.4 is 5.73 Å². The van der Waals surface area contributed by atoms with Crippen molar-refractivity contribution in [3.05, 3.63) is 73.3 Å². The van der Waals surface area contributed by atoms with Gasteiger partial charge in [0.25, 0.3) is 5.69 Å². The number of nitro groups is 1. The van der Waals surface area contributed by atoms with Gasteiger partial charge in [-0.05, 0) is 35.6 Å². The Bertz CT molecular complexity index is 735. The van der Waals surface area contributed by atoms with Crippen LogP contribution in [0.15, 0.2) is 48.5 Å². The molecule has 1 amide bonds. The molecule has 0 saturated heterocycles. The molecule has 7 nitrogen and oxygen atoms in total. The van der Waals surface area contributed by atoms with Crippen molar-refractivity contribution < 1.29 is 19.2 Å². The van der Waals surface area contributed by atoms with Crippen LogP contribution in [0.3, 0.4) is 0 Å². The Morgan fingerprint density at radius 1 is 1.21 bits per heavy atom. The molecule has 0 aliphatic rings. The van der Waals surface area contributed by atoms with E-state index < -0.39 is 11.0 Å². The van der Waals surface area contributed by atoms with E-state index in [1.807, 2.05) is 28.7 Å². The molecule has 2 aromatic rings. The molecule has 2 aromatic carbocycles. The van der Waals surface area contributed by atoms with Gasteiger partial charge in [0.05, 0.1) is 11.5 Å². The first-order valence-electron chi connectivity index (χ1n) is 6.82. The number of nitro benzene ring substituents is 1. The minimum atomic E-state index is -0.711. The number of primary amides is 1. The van der Waals surface area contributed by atoms with E-state index in [1.54, 1.807) is 31.2 Å². The Kier molecular flexibility index (Phi) is 7.83. The molecular formula is C16H15IN2O5. The van der Waals surface area contributed by atoms with Gasteiger partial charge >= 0.3 is 6.09 Å². The number of rotatable bonds is 4. The maximum absolute atomic E-state index is 12.2. The molecule has 0 heterocycles. The minimum absolute atomic E-state index is 0.0102.